The van der Waals surface area contributed by atoms with Crippen LogP contribution in [0.5, 0.6) is 5.75 Å². The van der Waals surface area contributed by atoms with Crippen LogP contribution in [0.25, 0.3) is 22.0 Å². The molecule has 1 aliphatic rings. The molecule has 0 radical (unpaired) electrons. The second kappa shape index (κ2) is 11.3. The van der Waals surface area contributed by atoms with E-state index < -0.39 is 0 Å². The number of nitrogens with zero attached hydrogens (tertiary/aromatic N) is 5. The summed E-state index contributed by atoms with van der Waals surface area (Å²) in [4.78, 5) is 11.4. The zero-order chi connectivity index (χ0) is 24.7. The van der Waals surface area contributed by atoms with Gasteiger partial charge in [-0.3, -0.25) is 4.98 Å². The number of rotatable bonds is 10. The van der Waals surface area contributed by atoms with Crippen molar-refractivity contribution in [1.29, 1.82) is 0 Å². The molecule has 0 unspecified atom stereocenters. The summed E-state index contributed by atoms with van der Waals surface area (Å²) in [5.41, 5.74) is 5.60. The third-order valence-electron chi connectivity index (χ3n) is 5.86. The van der Waals surface area contributed by atoms with Gasteiger partial charge >= 0.3 is 0 Å². The molecular weight excluding hydrogens is 474 g/mol. The molecule has 4 heterocycles. The number of ether oxygens (including phenoxy) is 2. The quantitative estimate of drug-likeness (QED) is 0.315. The summed E-state index contributed by atoms with van der Waals surface area (Å²) in [7, 11) is 1.66. The van der Waals surface area contributed by atoms with Crippen LogP contribution in [0.3, 0.4) is 0 Å². The summed E-state index contributed by atoms with van der Waals surface area (Å²) in [5, 5.41) is 14.1. The molecule has 1 fully saturated rings. The highest BCUT2D eigenvalue weighted by atomic mass is 32.1. The topological polar surface area (TPSA) is 89.4 Å². The Kier molecular flexibility index (Phi) is 7.55. The van der Waals surface area contributed by atoms with Gasteiger partial charge in [0.15, 0.2) is 0 Å². The number of piperazine rings is 1. The predicted molar refractivity (Wildman–Crippen MR) is 144 cm³/mol. The van der Waals surface area contributed by atoms with E-state index in [2.05, 4.69) is 32.2 Å². The van der Waals surface area contributed by atoms with Crippen molar-refractivity contribution < 1.29 is 9.47 Å². The van der Waals surface area contributed by atoms with Crippen LogP contribution in [0, 0.1) is 0 Å². The molecule has 2 N–H and O–H groups in total. The number of nitrogens with one attached hydrogen (secondary N) is 2. The van der Waals surface area contributed by atoms with Gasteiger partial charge < -0.3 is 25.0 Å². The number of anilines is 2. The van der Waals surface area contributed by atoms with Gasteiger partial charge in [-0.25, -0.2) is 9.67 Å². The highest BCUT2D eigenvalue weighted by Gasteiger charge is 2.16. The fourth-order valence-corrected chi connectivity index (χ4v) is 4.73. The number of pyridine rings is 1. The van der Waals surface area contributed by atoms with Gasteiger partial charge in [0.25, 0.3) is 0 Å². The molecule has 1 aromatic carbocycles. The minimum absolute atomic E-state index is 0.526. The van der Waals surface area contributed by atoms with E-state index in [1.165, 1.54) is 11.3 Å². The van der Waals surface area contributed by atoms with E-state index in [4.69, 9.17) is 14.5 Å². The molecule has 0 atom stereocenters. The normalized spacial score (nSPS) is 13.5. The van der Waals surface area contributed by atoms with Gasteiger partial charge in [-0.2, -0.15) is 5.10 Å². The second-order valence-corrected chi connectivity index (χ2v) is 9.12. The lowest BCUT2D eigenvalue weighted by atomic mass is 10.1. The van der Waals surface area contributed by atoms with Crippen molar-refractivity contribution >= 4 is 28.4 Å². The van der Waals surface area contributed by atoms with Crippen LogP contribution in [0.2, 0.25) is 0 Å². The van der Waals surface area contributed by atoms with E-state index in [0.717, 1.165) is 71.0 Å². The lowest BCUT2D eigenvalue weighted by Crippen LogP contribution is -2.43. The maximum absolute atomic E-state index is 5.64. The Bertz CT molecular complexity index is 1300. The smallest absolute Gasteiger partial charge is 0.210 e. The molecule has 36 heavy (non-hydrogen) atoms. The van der Waals surface area contributed by atoms with Crippen LogP contribution in [-0.4, -0.2) is 66.3 Å². The number of aromatic nitrogens is 4. The Balaban J connectivity index is 1.26. The third-order valence-corrected chi connectivity index (χ3v) is 6.70. The first kappa shape index (κ1) is 24.0. The summed E-state index contributed by atoms with van der Waals surface area (Å²) in [6, 6.07) is 9.98. The summed E-state index contributed by atoms with van der Waals surface area (Å²) in [6.45, 7) is 9.16. The molecule has 3 aromatic heterocycles. The van der Waals surface area contributed by atoms with Crippen LogP contribution in [0.15, 0.2) is 67.1 Å². The summed E-state index contributed by atoms with van der Waals surface area (Å²) >= 11 is 1.52. The van der Waals surface area contributed by atoms with Gasteiger partial charge in [-0.15, -0.1) is 11.3 Å². The van der Waals surface area contributed by atoms with E-state index in [9.17, 15) is 0 Å². The van der Waals surface area contributed by atoms with Crippen LogP contribution in [0.4, 0.5) is 11.4 Å². The molecule has 9 nitrogen and oxygen atoms in total. The minimum atomic E-state index is 0.526. The summed E-state index contributed by atoms with van der Waals surface area (Å²) < 4.78 is 12.5. The molecule has 4 aromatic rings. The first-order valence-corrected chi connectivity index (χ1v) is 12.7. The largest absolute Gasteiger partial charge is 0.491 e. The van der Waals surface area contributed by atoms with E-state index in [-0.39, 0.29) is 0 Å². The fraction of sp³-hybridized carbons (Fsp3) is 0.269. The third kappa shape index (κ3) is 5.56. The van der Waals surface area contributed by atoms with E-state index in [1.807, 2.05) is 60.5 Å². The molecule has 1 saturated heterocycles. The number of hydrogen-bond donors (Lipinski definition) is 2. The van der Waals surface area contributed by atoms with E-state index in [1.54, 1.807) is 11.8 Å². The zero-order valence-electron chi connectivity index (χ0n) is 20.2. The number of thiazole rings is 1. The van der Waals surface area contributed by atoms with Crippen molar-refractivity contribution in [3.63, 3.8) is 0 Å². The predicted octanol–water partition coefficient (Wildman–Crippen LogP) is 3.91. The Morgan fingerprint density at radius 1 is 1.11 bits per heavy atom. The van der Waals surface area contributed by atoms with Crippen LogP contribution >= 0.6 is 11.3 Å². The lowest BCUT2D eigenvalue weighted by Gasteiger charge is -2.31. The number of hydrogen-bond acceptors (Lipinski definition) is 9. The first-order valence-electron chi connectivity index (χ1n) is 11.8. The second-order valence-electron chi connectivity index (χ2n) is 8.29. The standard InChI is InChI=1S/C26H29N7O2S/c1-19(30-23-16-28-8-7-25(23)32-11-9-27-10-12-32)24-18-36-26(31-24)33-17-21(15-29-33)20-3-5-22(6-4-20)35-14-13-34-2/h3-8,15-18,27,30H,1,9-14H2,2H3. The maximum atomic E-state index is 5.64. The van der Waals surface area contributed by atoms with Crippen LogP contribution in [0.1, 0.15) is 5.69 Å². The molecule has 0 bridgehead atoms. The fourth-order valence-electron chi connectivity index (χ4n) is 3.96. The first-order chi connectivity index (χ1) is 17.7. The van der Waals surface area contributed by atoms with Crippen LogP contribution in [-0.2, 0) is 4.74 Å². The molecule has 0 aliphatic carbocycles. The van der Waals surface area contributed by atoms with E-state index >= 15 is 0 Å². The average molecular weight is 504 g/mol. The Labute approximate surface area is 214 Å². The molecule has 0 saturated carbocycles. The molecule has 10 heteroatoms. The molecule has 186 valence electrons. The minimum Gasteiger partial charge on any atom is -0.491 e. The SMILES string of the molecule is C=C(Nc1cnccc1N1CCNCC1)c1csc(-n2cc(-c3ccc(OCCOC)cc3)cn2)n1. The van der Waals surface area contributed by atoms with Gasteiger partial charge in [0.2, 0.25) is 5.13 Å². The van der Waals surface area contributed by atoms with Crippen molar-refractivity contribution in [2.75, 3.05) is 56.7 Å². The molecule has 0 spiro atoms. The highest BCUT2D eigenvalue weighted by Crippen LogP contribution is 2.29. The van der Waals surface area contributed by atoms with Gasteiger partial charge in [-0.05, 0) is 23.8 Å². The molecule has 1 aliphatic heterocycles. The van der Waals surface area contributed by atoms with Crippen LogP contribution < -0.4 is 20.3 Å². The summed E-state index contributed by atoms with van der Waals surface area (Å²) in [6.07, 6.45) is 7.47. The Morgan fingerprint density at radius 3 is 2.75 bits per heavy atom. The van der Waals surface area contributed by atoms with Gasteiger partial charge in [0.05, 0.1) is 41.8 Å². The molecule has 0 amide bonds. The Morgan fingerprint density at radius 2 is 1.94 bits per heavy atom. The summed E-state index contributed by atoms with van der Waals surface area (Å²) in [5.74, 6) is 0.812. The van der Waals surface area contributed by atoms with Crippen molar-refractivity contribution in [2.45, 2.75) is 0 Å². The van der Waals surface area contributed by atoms with Crippen molar-refractivity contribution in [3.8, 4) is 22.0 Å². The molecular formula is C26H29N7O2S. The van der Waals surface area contributed by atoms with Gasteiger partial charge in [0, 0.05) is 56.6 Å². The maximum Gasteiger partial charge on any atom is 0.210 e. The monoisotopic (exact) mass is 503 g/mol. The average Bonchev–Trinajstić information content (AvgIpc) is 3.61. The Hall–Kier alpha value is -3.73. The van der Waals surface area contributed by atoms with E-state index in [0.29, 0.717) is 13.2 Å². The zero-order valence-corrected chi connectivity index (χ0v) is 21.0. The van der Waals surface area contributed by atoms with Crippen molar-refractivity contribution in [2.24, 2.45) is 0 Å². The van der Waals surface area contributed by atoms with Crippen molar-refractivity contribution in [3.05, 3.63) is 72.8 Å². The van der Waals surface area contributed by atoms with Gasteiger partial charge in [-0.1, -0.05) is 18.7 Å². The highest BCUT2D eigenvalue weighted by molar-refractivity contribution is 7.12. The number of benzene rings is 1. The number of methoxy groups -OCH3 is 1. The van der Waals surface area contributed by atoms with Crippen molar-refractivity contribution in [1.82, 2.24) is 25.1 Å². The molecule has 5 rings (SSSR count). The lowest BCUT2D eigenvalue weighted by molar-refractivity contribution is 0.146. The van der Waals surface area contributed by atoms with Gasteiger partial charge in [0.1, 0.15) is 12.4 Å².